The van der Waals surface area contributed by atoms with Gasteiger partial charge in [-0.15, -0.1) is 17.0 Å². The number of phenolic OH excluding ortho intramolecular Hbond substituents is 1. The molecule has 1 unspecified atom stereocenters. The molecule has 3 rings (SSSR count). The molecule has 0 aliphatic carbocycles. The van der Waals surface area contributed by atoms with Crippen molar-refractivity contribution in [2.45, 2.75) is 71.9 Å². The zero-order chi connectivity index (χ0) is 27.0. The minimum Gasteiger partial charge on any atom is -0.507 e. The van der Waals surface area contributed by atoms with Crippen molar-refractivity contribution in [1.82, 2.24) is 4.90 Å². The van der Waals surface area contributed by atoms with Gasteiger partial charge in [0, 0.05) is 35.9 Å². The number of benzene rings is 2. The summed E-state index contributed by atoms with van der Waals surface area (Å²) in [6.45, 7) is 14.5. The smallest absolute Gasteiger partial charge is 0.339 e. The summed E-state index contributed by atoms with van der Waals surface area (Å²) in [6.07, 6.45) is -0.873. The molecule has 37 heavy (non-hydrogen) atoms. The average molecular weight is 576 g/mol. The van der Waals surface area contributed by atoms with E-state index in [2.05, 4.69) is 0 Å². The highest BCUT2D eigenvalue weighted by Crippen LogP contribution is 2.40. The second-order valence-corrected chi connectivity index (χ2v) is 11.3. The van der Waals surface area contributed by atoms with Gasteiger partial charge in [0.15, 0.2) is 11.9 Å². The lowest BCUT2D eigenvalue weighted by Crippen LogP contribution is -2.30. The van der Waals surface area contributed by atoms with Gasteiger partial charge in [0.25, 0.3) is 0 Å². The Morgan fingerprint density at radius 2 is 1.62 bits per heavy atom. The Labute approximate surface area is 230 Å². The summed E-state index contributed by atoms with van der Waals surface area (Å²) in [6, 6.07) is 8.99. The van der Waals surface area contributed by atoms with Crippen molar-refractivity contribution < 1.29 is 24.2 Å². The molecule has 0 saturated heterocycles. The Kier molecular flexibility index (Phi) is 9.36. The molecule has 0 saturated carbocycles. The molecule has 0 spiro atoms. The number of amidine groups is 1. The SMILES string of the molecule is Br.CCOC(=O)C(OC)c1ccc2c(c1)C(=N)N(CC(=O)c1cc(C(C)(C)C)c(O)c(C(C)(C)C)c1)C2. The number of aromatic hydroxyl groups is 1. The molecular weight excluding hydrogens is 536 g/mol. The Morgan fingerprint density at radius 3 is 2.11 bits per heavy atom. The van der Waals surface area contributed by atoms with Crippen LogP contribution in [0.1, 0.15) is 92.7 Å². The third-order valence-electron chi connectivity index (χ3n) is 6.49. The lowest BCUT2D eigenvalue weighted by molar-refractivity contribution is -0.155. The van der Waals surface area contributed by atoms with E-state index in [-0.39, 0.29) is 58.3 Å². The van der Waals surface area contributed by atoms with Crippen LogP contribution in [0.3, 0.4) is 0 Å². The normalized spacial score (nSPS) is 14.2. The lowest BCUT2D eigenvalue weighted by Gasteiger charge is -2.28. The molecule has 7 nitrogen and oxygen atoms in total. The van der Waals surface area contributed by atoms with Crippen LogP contribution in [-0.4, -0.2) is 47.9 Å². The zero-order valence-corrected chi connectivity index (χ0v) is 24.7. The van der Waals surface area contributed by atoms with Crippen molar-refractivity contribution in [1.29, 1.82) is 5.41 Å². The molecule has 1 aliphatic heterocycles. The van der Waals surface area contributed by atoms with Gasteiger partial charge in [0.05, 0.1) is 13.2 Å². The van der Waals surface area contributed by atoms with Gasteiger partial charge in [-0.1, -0.05) is 53.7 Å². The molecule has 8 heteroatoms. The first-order valence-corrected chi connectivity index (χ1v) is 12.3. The number of esters is 1. The van der Waals surface area contributed by atoms with E-state index in [0.29, 0.717) is 23.2 Å². The summed E-state index contributed by atoms with van der Waals surface area (Å²) >= 11 is 0. The summed E-state index contributed by atoms with van der Waals surface area (Å²) in [4.78, 5) is 27.4. The van der Waals surface area contributed by atoms with Gasteiger partial charge in [-0.05, 0) is 47.1 Å². The minimum atomic E-state index is -0.873. The predicted molar refractivity (Wildman–Crippen MR) is 150 cm³/mol. The number of carbonyl (C=O) groups is 2. The van der Waals surface area contributed by atoms with E-state index in [0.717, 1.165) is 16.7 Å². The highest BCUT2D eigenvalue weighted by atomic mass is 79.9. The summed E-state index contributed by atoms with van der Waals surface area (Å²) in [5.41, 5.74) is 3.48. The molecule has 1 atom stereocenters. The fourth-order valence-electron chi connectivity index (χ4n) is 4.50. The van der Waals surface area contributed by atoms with E-state index in [1.54, 1.807) is 36.1 Å². The largest absolute Gasteiger partial charge is 0.507 e. The molecule has 202 valence electrons. The molecule has 0 radical (unpaired) electrons. The number of ketones is 1. The number of hydrogen-bond donors (Lipinski definition) is 2. The highest BCUT2D eigenvalue weighted by molar-refractivity contribution is 8.93. The molecule has 1 heterocycles. The van der Waals surface area contributed by atoms with Gasteiger partial charge in [0.2, 0.25) is 0 Å². The number of hydrogen-bond acceptors (Lipinski definition) is 6. The van der Waals surface area contributed by atoms with Gasteiger partial charge < -0.3 is 19.5 Å². The Morgan fingerprint density at radius 1 is 1.05 bits per heavy atom. The van der Waals surface area contributed by atoms with Crippen LogP contribution in [0.15, 0.2) is 30.3 Å². The van der Waals surface area contributed by atoms with Crippen molar-refractivity contribution in [3.8, 4) is 5.75 Å². The second kappa shape index (κ2) is 11.4. The Bertz CT molecular complexity index is 1160. The third-order valence-corrected chi connectivity index (χ3v) is 6.49. The molecular formula is C29H39BrN2O5. The van der Waals surface area contributed by atoms with E-state index in [4.69, 9.17) is 14.9 Å². The van der Waals surface area contributed by atoms with Gasteiger partial charge in [-0.2, -0.15) is 0 Å². The van der Waals surface area contributed by atoms with E-state index in [1.165, 1.54) is 7.11 Å². The second-order valence-electron chi connectivity index (χ2n) is 11.3. The molecule has 2 N–H and O–H groups in total. The zero-order valence-electron chi connectivity index (χ0n) is 23.0. The van der Waals surface area contributed by atoms with Gasteiger partial charge in [-0.25, -0.2) is 4.79 Å². The van der Waals surface area contributed by atoms with Crippen molar-refractivity contribution in [3.05, 3.63) is 63.7 Å². The molecule has 0 aromatic heterocycles. The number of rotatable bonds is 7. The molecule has 0 amide bonds. The summed E-state index contributed by atoms with van der Waals surface area (Å²) < 4.78 is 10.5. The van der Waals surface area contributed by atoms with Crippen LogP contribution in [0.5, 0.6) is 5.75 Å². The molecule has 2 aromatic carbocycles. The third kappa shape index (κ3) is 6.41. The molecule has 1 aliphatic rings. The van der Waals surface area contributed by atoms with E-state index in [1.807, 2.05) is 47.6 Å². The van der Waals surface area contributed by atoms with Crippen molar-refractivity contribution >= 4 is 34.6 Å². The number of fused-ring (bicyclic) bond motifs is 1. The number of halogens is 1. The number of methoxy groups -OCH3 is 1. The van der Waals surface area contributed by atoms with Crippen molar-refractivity contribution in [2.24, 2.45) is 0 Å². The monoisotopic (exact) mass is 574 g/mol. The van der Waals surface area contributed by atoms with Gasteiger partial charge in [-0.3, -0.25) is 10.2 Å². The van der Waals surface area contributed by atoms with Crippen molar-refractivity contribution in [3.63, 3.8) is 0 Å². The van der Waals surface area contributed by atoms with E-state index >= 15 is 0 Å². The number of phenols is 1. The number of ether oxygens (including phenoxy) is 2. The maximum absolute atomic E-state index is 13.4. The first-order valence-electron chi connectivity index (χ1n) is 12.3. The number of nitrogens with one attached hydrogen (secondary N) is 1. The van der Waals surface area contributed by atoms with Crippen LogP contribution < -0.4 is 0 Å². The maximum Gasteiger partial charge on any atom is 0.339 e. The van der Waals surface area contributed by atoms with Gasteiger partial charge in [0.1, 0.15) is 11.6 Å². The predicted octanol–water partition coefficient (Wildman–Crippen LogP) is 5.84. The maximum atomic E-state index is 13.4. The first-order chi connectivity index (χ1) is 16.7. The molecule has 0 bridgehead atoms. The first kappa shape index (κ1) is 30.5. The molecule has 2 aromatic rings. The van der Waals surface area contributed by atoms with E-state index in [9.17, 15) is 14.7 Å². The topological polar surface area (TPSA) is 99.9 Å². The van der Waals surface area contributed by atoms with Crippen LogP contribution in [0.2, 0.25) is 0 Å². The fourth-order valence-corrected chi connectivity index (χ4v) is 4.50. The summed E-state index contributed by atoms with van der Waals surface area (Å²) in [5.74, 6) is -0.141. The van der Waals surface area contributed by atoms with Crippen molar-refractivity contribution in [2.75, 3.05) is 20.3 Å². The number of carbonyl (C=O) groups excluding carboxylic acids is 2. The van der Waals surface area contributed by atoms with Crippen LogP contribution in [0, 0.1) is 5.41 Å². The van der Waals surface area contributed by atoms with Crippen LogP contribution in [0.25, 0.3) is 0 Å². The van der Waals surface area contributed by atoms with Crippen LogP contribution in [-0.2, 0) is 31.6 Å². The fraction of sp³-hybridized carbons (Fsp3) is 0.483. The number of Topliss-reactive ketones (excluding diaryl/α,β-unsaturated/α-hetero) is 1. The van der Waals surface area contributed by atoms with E-state index < -0.39 is 12.1 Å². The molecule has 0 fully saturated rings. The standard InChI is InChI=1S/C29H38N2O5.BrH/c1-9-36-27(34)25(35-8)17-10-11-18-15-31(26(30)20(18)12-17)16-23(32)19-13-21(28(2,3)4)24(33)22(14-19)29(5,6)7;/h10-14,25,30,33H,9,15-16H2,1-8H3;1H. The highest BCUT2D eigenvalue weighted by Gasteiger charge is 2.31. The summed E-state index contributed by atoms with van der Waals surface area (Å²) in [5, 5.41) is 19.7. The Balaban J connectivity index is 0.00000481. The Hall–Kier alpha value is -2.71. The lowest BCUT2D eigenvalue weighted by atomic mass is 9.78. The summed E-state index contributed by atoms with van der Waals surface area (Å²) in [7, 11) is 1.44. The minimum absolute atomic E-state index is 0. The van der Waals surface area contributed by atoms with Crippen LogP contribution in [0.4, 0.5) is 0 Å². The van der Waals surface area contributed by atoms with Crippen LogP contribution >= 0.6 is 17.0 Å². The average Bonchev–Trinajstić information content (AvgIpc) is 3.07. The number of nitrogens with zero attached hydrogens (tertiary/aromatic N) is 1. The van der Waals surface area contributed by atoms with Gasteiger partial charge >= 0.3 is 5.97 Å². The quantitative estimate of drug-likeness (QED) is 0.318.